The molecule has 3 aromatic carbocycles. The van der Waals surface area contributed by atoms with Gasteiger partial charge in [0, 0.05) is 16.4 Å². The van der Waals surface area contributed by atoms with Crippen LogP contribution in [0.25, 0.3) is 28.0 Å². The molecule has 4 heteroatoms. The Hall–Kier alpha value is -2.75. The molecule has 136 valence electrons. The van der Waals surface area contributed by atoms with E-state index >= 15 is 0 Å². The third-order valence-electron chi connectivity index (χ3n) is 5.73. The van der Waals surface area contributed by atoms with Gasteiger partial charge in [0.15, 0.2) is 0 Å². The number of fused-ring (bicyclic) bond motifs is 8. The van der Waals surface area contributed by atoms with Crippen LogP contribution in [0, 0.1) is 0 Å². The number of hydrogen-bond donors (Lipinski definition) is 0. The molecule has 0 unspecified atom stereocenters. The van der Waals surface area contributed by atoms with Crippen molar-refractivity contribution in [3.8, 4) is 16.9 Å². The number of ether oxygens (including phenoxy) is 1. The van der Waals surface area contributed by atoms with E-state index in [1.54, 1.807) is 6.07 Å². The lowest BCUT2D eigenvalue weighted by molar-refractivity contribution is -0.137. The lowest BCUT2D eigenvalue weighted by atomic mass is 9.78. The van der Waals surface area contributed by atoms with Gasteiger partial charge in [0.1, 0.15) is 12.4 Å². The van der Waals surface area contributed by atoms with Crippen molar-refractivity contribution in [1.82, 2.24) is 0 Å². The van der Waals surface area contributed by atoms with Gasteiger partial charge >= 0.3 is 6.18 Å². The van der Waals surface area contributed by atoms with Gasteiger partial charge in [-0.15, -0.1) is 0 Å². The summed E-state index contributed by atoms with van der Waals surface area (Å²) in [5, 5.41) is 1.33. The van der Waals surface area contributed by atoms with E-state index in [0.717, 1.165) is 27.6 Å². The van der Waals surface area contributed by atoms with Crippen LogP contribution in [0.5, 0.6) is 5.75 Å². The lowest BCUT2D eigenvalue weighted by Crippen LogP contribution is -2.18. The minimum atomic E-state index is -4.39. The Bertz CT molecular complexity index is 1140. The van der Waals surface area contributed by atoms with E-state index in [2.05, 4.69) is 26.0 Å². The maximum atomic E-state index is 13.3. The Morgan fingerprint density at radius 1 is 1.00 bits per heavy atom. The average molecular weight is 366 g/mol. The van der Waals surface area contributed by atoms with Gasteiger partial charge < -0.3 is 4.74 Å². The van der Waals surface area contributed by atoms with Crippen LogP contribution < -0.4 is 4.74 Å². The molecule has 2 aliphatic rings. The topological polar surface area (TPSA) is 9.23 Å². The second-order valence-electron chi connectivity index (χ2n) is 7.63. The van der Waals surface area contributed by atoms with E-state index in [-0.39, 0.29) is 5.41 Å². The molecule has 0 spiro atoms. The predicted molar refractivity (Wildman–Crippen MR) is 101 cm³/mol. The molecule has 0 amide bonds. The summed E-state index contributed by atoms with van der Waals surface area (Å²) in [6, 6.07) is 12.1. The second kappa shape index (κ2) is 5.16. The van der Waals surface area contributed by atoms with Gasteiger partial charge in [0.25, 0.3) is 0 Å². The normalized spacial score (nSPS) is 16.6. The highest BCUT2D eigenvalue weighted by molar-refractivity contribution is 6.08. The molecule has 0 aromatic heterocycles. The van der Waals surface area contributed by atoms with E-state index < -0.39 is 11.7 Å². The molecule has 0 saturated carbocycles. The number of alkyl halides is 3. The molecule has 0 N–H and O–H groups in total. The minimum absolute atomic E-state index is 0.252. The molecule has 0 radical (unpaired) electrons. The Labute approximate surface area is 155 Å². The summed E-state index contributed by atoms with van der Waals surface area (Å²) in [4.78, 5) is 0. The summed E-state index contributed by atoms with van der Waals surface area (Å²) in [6.07, 6.45) is -0.478. The predicted octanol–water partition coefficient (Wildman–Crippen LogP) is 6.57. The number of halogens is 3. The first-order valence-corrected chi connectivity index (χ1v) is 8.91. The summed E-state index contributed by atoms with van der Waals surface area (Å²) >= 11 is 0. The summed E-state index contributed by atoms with van der Waals surface area (Å²) in [5.41, 5.74) is 4.41. The van der Waals surface area contributed by atoms with E-state index in [1.807, 2.05) is 24.3 Å². The van der Waals surface area contributed by atoms with Crippen molar-refractivity contribution in [2.75, 3.05) is 6.61 Å². The fourth-order valence-corrected chi connectivity index (χ4v) is 4.58. The maximum Gasteiger partial charge on any atom is 0.416 e. The number of benzene rings is 3. The monoisotopic (exact) mass is 366 g/mol. The number of rotatable bonds is 0. The molecule has 1 nitrogen and oxygen atoms in total. The lowest BCUT2D eigenvalue weighted by Gasteiger charge is -2.27. The van der Waals surface area contributed by atoms with Gasteiger partial charge in [-0.1, -0.05) is 50.3 Å². The Balaban J connectivity index is 1.98. The minimum Gasteiger partial charge on any atom is -0.488 e. The van der Waals surface area contributed by atoms with Crippen molar-refractivity contribution >= 4 is 16.8 Å². The molecular formula is C23H17F3O. The fraction of sp³-hybridized carbons (Fsp3) is 0.217. The highest BCUT2D eigenvalue weighted by Crippen LogP contribution is 2.56. The van der Waals surface area contributed by atoms with E-state index in [9.17, 15) is 13.2 Å². The highest BCUT2D eigenvalue weighted by atomic mass is 19.4. The third-order valence-corrected chi connectivity index (χ3v) is 5.73. The molecule has 1 aliphatic heterocycles. The largest absolute Gasteiger partial charge is 0.488 e. The van der Waals surface area contributed by atoms with Crippen LogP contribution in [0.3, 0.4) is 0 Å². The molecular weight excluding hydrogens is 349 g/mol. The Kier molecular flexibility index (Phi) is 3.14. The molecule has 0 bridgehead atoms. The first-order chi connectivity index (χ1) is 12.8. The molecule has 5 rings (SSSR count). The highest BCUT2D eigenvalue weighted by Gasteiger charge is 2.40. The van der Waals surface area contributed by atoms with E-state index in [0.29, 0.717) is 17.7 Å². The SMILES string of the molecule is CC1(C)c2ccccc2-c2c1c1c(c3cc(C(F)(F)F)ccc23)OCC=C1. The van der Waals surface area contributed by atoms with Crippen molar-refractivity contribution in [2.45, 2.75) is 25.4 Å². The zero-order valence-electron chi connectivity index (χ0n) is 14.9. The molecule has 1 heterocycles. The van der Waals surface area contributed by atoms with Crippen LogP contribution in [0.15, 0.2) is 48.5 Å². The van der Waals surface area contributed by atoms with Gasteiger partial charge in [0.05, 0.1) is 5.56 Å². The van der Waals surface area contributed by atoms with Crippen LogP contribution in [-0.4, -0.2) is 6.61 Å². The van der Waals surface area contributed by atoms with Crippen molar-refractivity contribution in [1.29, 1.82) is 0 Å². The van der Waals surface area contributed by atoms with Crippen LogP contribution in [-0.2, 0) is 11.6 Å². The quantitative estimate of drug-likeness (QED) is 0.437. The van der Waals surface area contributed by atoms with Crippen molar-refractivity contribution in [2.24, 2.45) is 0 Å². The van der Waals surface area contributed by atoms with E-state index in [1.165, 1.54) is 17.7 Å². The standard InChI is InChI=1S/C23H17F3O/c1-22(2)18-8-4-3-6-15(18)19-14-10-9-13(23(24,25)26)12-17(14)21-16(20(19)22)7-5-11-27-21/h3-10,12H,11H2,1-2H3. The zero-order valence-corrected chi connectivity index (χ0v) is 14.9. The van der Waals surface area contributed by atoms with Crippen LogP contribution in [0.1, 0.15) is 36.1 Å². The molecule has 3 aromatic rings. The third kappa shape index (κ3) is 2.13. The Morgan fingerprint density at radius 3 is 2.56 bits per heavy atom. The molecule has 0 atom stereocenters. The van der Waals surface area contributed by atoms with Crippen molar-refractivity contribution in [3.05, 3.63) is 70.8 Å². The first-order valence-electron chi connectivity index (χ1n) is 8.91. The summed E-state index contributed by atoms with van der Waals surface area (Å²) < 4.78 is 45.9. The molecule has 1 aliphatic carbocycles. The van der Waals surface area contributed by atoms with Gasteiger partial charge in [0.2, 0.25) is 0 Å². The summed E-state index contributed by atoms with van der Waals surface area (Å²) in [6.45, 7) is 4.69. The zero-order chi connectivity index (χ0) is 19.0. The second-order valence-corrected chi connectivity index (χ2v) is 7.63. The van der Waals surface area contributed by atoms with Crippen LogP contribution >= 0.6 is 0 Å². The first kappa shape index (κ1) is 16.4. The maximum absolute atomic E-state index is 13.3. The Morgan fingerprint density at radius 2 is 1.78 bits per heavy atom. The van der Waals surface area contributed by atoms with E-state index in [4.69, 9.17) is 4.74 Å². The summed E-state index contributed by atoms with van der Waals surface area (Å²) in [7, 11) is 0. The average Bonchev–Trinajstić information content (AvgIpc) is 2.89. The fourth-order valence-electron chi connectivity index (χ4n) is 4.58. The van der Waals surface area contributed by atoms with Crippen LogP contribution in [0.2, 0.25) is 0 Å². The molecule has 0 fully saturated rings. The molecule has 0 saturated heterocycles. The van der Waals surface area contributed by atoms with Crippen LogP contribution in [0.4, 0.5) is 13.2 Å². The van der Waals surface area contributed by atoms with Crippen molar-refractivity contribution < 1.29 is 17.9 Å². The summed E-state index contributed by atoms with van der Waals surface area (Å²) in [5.74, 6) is 0.554. The smallest absolute Gasteiger partial charge is 0.416 e. The number of hydrogen-bond acceptors (Lipinski definition) is 1. The van der Waals surface area contributed by atoms with Gasteiger partial charge in [-0.25, -0.2) is 0 Å². The van der Waals surface area contributed by atoms with Crippen molar-refractivity contribution in [3.63, 3.8) is 0 Å². The van der Waals surface area contributed by atoms with Gasteiger partial charge in [-0.05, 0) is 45.8 Å². The van der Waals surface area contributed by atoms with Gasteiger partial charge in [-0.3, -0.25) is 0 Å². The molecule has 27 heavy (non-hydrogen) atoms. The van der Waals surface area contributed by atoms with Gasteiger partial charge in [-0.2, -0.15) is 13.2 Å².